The van der Waals surface area contributed by atoms with Gasteiger partial charge in [0.15, 0.2) is 0 Å². The van der Waals surface area contributed by atoms with Gasteiger partial charge in [-0.1, -0.05) is 0 Å². The molecule has 0 radical (unpaired) electrons. The smallest absolute Gasteiger partial charge is 0.263 e. The third-order valence-corrected chi connectivity index (χ3v) is 3.83. The Labute approximate surface area is 99.7 Å². The van der Waals surface area contributed by atoms with E-state index in [9.17, 15) is 9.90 Å². The SMILES string of the molecule is Cc1ncsc1C(=O)NC(C)(C)C(C)(C)O. The minimum absolute atomic E-state index is 0.188. The van der Waals surface area contributed by atoms with E-state index in [2.05, 4.69) is 10.3 Å². The van der Waals surface area contributed by atoms with Crippen LogP contribution in [0, 0.1) is 6.92 Å². The van der Waals surface area contributed by atoms with Crippen molar-refractivity contribution in [2.45, 2.75) is 45.8 Å². The number of aromatic nitrogens is 1. The zero-order chi connectivity index (χ0) is 12.6. The topological polar surface area (TPSA) is 62.2 Å². The fourth-order valence-electron chi connectivity index (χ4n) is 1.01. The molecule has 0 aromatic carbocycles. The van der Waals surface area contributed by atoms with Gasteiger partial charge in [0, 0.05) is 0 Å². The molecule has 5 heteroatoms. The molecule has 0 spiro atoms. The number of carbonyl (C=O) groups excluding carboxylic acids is 1. The average Bonchev–Trinajstić information content (AvgIpc) is 2.48. The molecule has 0 saturated heterocycles. The lowest BCUT2D eigenvalue weighted by molar-refractivity contribution is -0.00286. The van der Waals surface area contributed by atoms with Crippen molar-refractivity contribution in [3.63, 3.8) is 0 Å². The van der Waals surface area contributed by atoms with Gasteiger partial charge in [-0.05, 0) is 34.6 Å². The van der Waals surface area contributed by atoms with Crippen molar-refractivity contribution in [1.29, 1.82) is 0 Å². The van der Waals surface area contributed by atoms with E-state index >= 15 is 0 Å². The highest BCUT2D eigenvalue weighted by atomic mass is 32.1. The van der Waals surface area contributed by atoms with Crippen molar-refractivity contribution in [1.82, 2.24) is 10.3 Å². The van der Waals surface area contributed by atoms with Crippen molar-refractivity contribution in [2.24, 2.45) is 0 Å². The molecule has 0 aliphatic heterocycles. The first-order valence-corrected chi connectivity index (χ1v) is 5.98. The highest BCUT2D eigenvalue weighted by Crippen LogP contribution is 2.22. The molecule has 1 aromatic rings. The summed E-state index contributed by atoms with van der Waals surface area (Å²) in [5, 5.41) is 12.8. The average molecular weight is 242 g/mol. The lowest BCUT2D eigenvalue weighted by Gasteiger charge is -2.37. The van der Waals surface area contributed by atoms with Crippen LogP contribution in [0.25, 0.3) is 0 Å². The summed E-state index contributed by atoms with van der Waals surface area (Å²) < 4.78 is 0. The quantitative estimate of drug-likeness (QED) is 0.848. The van der Waals surface area contributed by atoms with Gasteiger partial charge in [0.2, 0.25) is 0 Å². The lowest BCUT2D eigenvalue weighted by atomic mass is 9.86. The van der Waals surface area contributed by atoms with E-state index < -0.39 is 11.1 Å². The predicted molar refractivity (Wildman–Crippen MR) is 64.7 cm³/mol. The third kappa shape index (κ3) is 2.59. The van der Waals surface area contributed by atoms with Crippen LogP contribution in [0.2, 0.25) is 0 Å². The molecular weight excluding hydrogens is 224 g/mol. The first kappa shape index (κ1) is 13.1. The molecule has 1 rings (SSSR count). The molecule has 0 unspecified atom stereocenters. The van der Waals surface area contributed by atoms with Crippen LogP contribution in [0.4, 0.5) is 0 Å². The first-order chi connectivity index (χ1) is 7.15. The van der Waals surface area contributed by atoms with E-state index in [4.69, 9.17) is 0 Å². The number of nitrogens with one attached hydrogen (secondary N) is 1. The molecule has 2 N–H and O–H groups in total. The number of rotatable bonds is 3. The Balaban J connectivity index is 2.84. The van der Waals surface area contributed by atoms with Gasteiger partial charge in [-0.25, -0.2) is 4.98 Å². The summed E-state index contributed by atoms with van der Waals surface area (Å²) in [4.78, 5) is 16.6. The van der Waals surface area contributed by atoms with Gasteiger partial charge in [0.1, 0.15) is 4.88 Å². The van der Waals surface area contributed by atoms with Crippen LogP contribution in [0.3, 0.4) is 0 Å². The molecular formula is C11H18N2O2S. The summed E-state index contributed by atoms with van der Waals surface area (Å²) in [5.74, 6) is -0.188. The fraction of sp³-hybridized carbons (Fsp3) is 0.636. The summed E-state index contributed by atoms with van der Waals surface area (Å²) >= 11 is 1.30. The third-order valence-electron chi connectivity index (χ3n) is 2.91. The second kappa shape index (κ2) is 4.14. The second-order valence-electron chi connectivity index (χ2n) is 4.91. The Bertz CT molecular complexity index is 391. The zero-order valence-corrected chi connectivity index (χ0v) is 11.1. The van der Waals surface area contributed by atoms with E-state index in [1.807, 2.05) is 0 Å². The number of hydrogen-bond donors (Lipinski definition) is 2. The van der Waals surface area contributed by atoms with Crippen LogP contribution < -0.4 is 5.32 Å². The molecule has 0 bridgehead atoms. The van der Waals surface area contributed by atoms with Crippen molar-refractivity contribution < 1.29 is 9.90 Å². The Morgan fingerprint density at radius 1 is 1.44 bits per heavy atom. The molecule has 4 nitrogen and oxygen atoms in total. The Morgan fingerprint density at radius 2 is 2.00 bits per heavy atom. The van der Waals surface area contributed by atoms with Gasteiger partial charge in [-0.15, -0.1) is 11.3 Å². The standard InChI is InChI=1S/C11H18N2O2S/c1-7-8(16-6-12-7)9(14)13-10(2,3)11(4,5)15/h6,15H,1-5H3,(H,13,14). The van der Waals surface area contributed by atoms with Crippen molar-refractivity contribution >= 4 is 17.2 Å². The van der Waals surface area contributed by atoms with Gasteiger partial charge >= 0.3 is 0 Å². The number of hydrogen-bond acceptors (Lipinski definition) is 4. The van der Waals surface area contributed by atoms with Crippen LogP contribution in [0.5, 0.6) is 0 Å². The van der Waals surface area contributed by atoms with Crippen LogP contribution in [-0.2, 0) is 0 Å². The van der Waals surface area contributed by atoms with Crippen LogP contribution in [0.1, 0.15) is 43.1 Å². The number of carbonyl (C=O) groups is 1. The van der Waals surface area contributed by atoms with Gasteiger partial charge in [0.05, 0.1) is 22.3 Å². The van der Waals surface area contributed by atoms with Crippen molar-refractivity contribution in [3.05, 3.63) is 16.1 Å². The molecule has 16 heavy (non-hydrogen) atoms. The van der Waals surface area contributed by atoms with Gasteiger partial charge in [-0.3, -0.25) is 4.79 Å². The maximum atomic E-state index is 11.9. The monoisotopic (exact) mass is 242 g/mol. The minimum atomic E-state index is -0.985. The normalized spacial score (nSPS) is 12.6. The van der Waals surface area contributed by atoms with E-state index in [-0.39, 0.29) is 5.91 Å². The molecule has 0 saturated carbocycles. The molecule has 0 atom stereocenters. The fourth-order valence-corrected chi connectivity index (χ4v) is 1.71. The maximum Gasteiger partial charge on any atom is 0.263 e. The van der Waals surface area contributed by atoms with Crippen LogP contribution >= 0.6 is 11.3 Å². The Hall–Kier alpha value is -0.940. The summed E-state index contributed by atoms with van der Waals surface area (Å²) in [6.07, 6.45) is 0. The maximum absolute atomic E-state index is 11.9. The van der Waals surface area contributed by atoms with Crippen LogP contribution in [-0.4, -0.2) is 27.1 Å². The lowest BCUT2D eigenvalue weighted by Crippen LogP contribution is -2.57. The van der Waals surface area contributed by atoms with E-state index in [0.717, 1.165) is 0 Å². The molecule has 1 heterocycles. The zero-order valence-electron chi connectivity index (χ0n) is 10.3. The number of aryl methyl sites for hydroxylation is 1. The number of amides is 1. The van der Waals surface area contributed by atoms with E-state index in [0.29, 0.717) is 10.6 Å². The van der Waals surface area contributed by atoms with Gasteiger partial charge < -0.3 is 10.4 Å². The van der Waals surface area contributed by atoms with E-state index in [1.54, 1.807) is 40.1 Å². The Kier molecular flexibility index (Phi) is 3.40. The summed E-state index contributed by atoms with van der Waals surface area (Å²) in [5.41, 5.74) is 0.678. The summed E-state index contributed by atoms with van der Waals surface area (Å²) in [7, 11) is 0. The second-order valence-corrected chi connectivity index (χ2v) is 5.76. The van der Waals surface area contributed by atoms with E-state index in [1.165, 1.54) is 11.3 Å². The predicted octanol–water partition coefficient (Wildman–Crippen LogP) is 1.73. The number of thiazole rings is 1. The Morgan fingerprint density at radius 3 is 2.38 bits per heavy atom. The molecule has 0 aliphatic rings. The van der Waals surface area contributed by atoms with Gasteiger partial charge in [0.25, 0.3) is 5.91 Å². The van der Waals surface area contributed by atoms with Crippen molar-refractivity contribution in [3.8, 4) is 0 Å². The molecule has 1 aromatic heterocycles. The number of aliphatic hydroxyl groups is 1. The number of nitrogens with zero attached hydrogens (tertiary/aromatic N) is 1. The van der Waals surface area contributed by atoms with Crippen LogP contribution in [0.15, 0.2) is 5.51 Å². The summed E-state index contributed by atoms with van der Waals surface area (Å²) in [6, 6.07) is 0. The first-order valence-electron chi connectivity index (χ1n) is 5.10. The van der Waals surface area contributed by atoms with Gasteiger partial charge in [-0.2, -0.15) is 0 Å². The molecule has 1 amide bonds. The largest absolute Gasteiger partial charge is 0.388 e. The minimum Gasteiger partial charge on any atom is -0.388 e. The highest BCUT2D eigenvalue weighted by Gasteiger charge is 2.36. The molecule has 0 aliphatic carbocycles. The summed E-state index contributed by atoms with van der Waals surface area (Å²) in [6.45, 7) is 8.73. The highest BCUT2D eigenvalue weighted by molar-refractivity contribution is 7.11. The molecule has 90 valence electrons. The van der Waals surface area contributed by atoms with Crippen molar-refractivity contribution in [2.75, 3.05) is 0 Å². The molecule has 0 fully saturated rings.